The van der Waals surface area contributed by atoms with Gasteiger partial charge >= 0.3 is 0 Å². The zero-order valence-corrected chi connectivity index (χ0v) is 26.2. The van der Waals surface area contributed by atoms with E-state index in [0.717, 1.165) is 16.7 Å². The van der Waals surface area contributed by atoms with Crippen LogP contribution in [0, 0.1) is 19.8 Å². The van der Waals surface area contributed by atoms with Gasteiger partial charge in [0.2, 0.25) is 20.0 Å². The molecule has 222 valence electrons. The third kappa shape index (κ3) is 8.40. The summed E-state index contributed by atoms with van der Waals surface area (Å²) in [5, 5.41) is 0. The van der Waals surface area contributed by atoms with E-state index in [1.165, 1.54) is 8.61 Å². The van der Waals surface area contributed by atoms with Gasteiger partial charge in [0, 0.05) is 44.5 Å². The fraction of sp³-hybridized carbons (Fsp3) is 0.419. The highest BCUT2D eigenvalue weighted by Gasteiger charge is 2.32. The van der Waals surface area contributed by atoms with E-state index in [0.29, 0.717) is 45.6 Å². The molecule has 0 spiro atoms. The Labute approximate surface area is 250 Å². The fourth-order valence-corrected chi connectivity index (χ4v) is 8.43. The van der Waals surface area contributed by atoms with Gasteiger partial charge in [-0.2, -0.15) is 8.61 Å². The first-order chi connectivity index (χ1) is 19.6. The molecule has 1 saturated heterocycles. The van der Waals surface area contributed by atoms with Crippen LogP contribution in [0.15, 0.2) is 88.7 Å². The Morgan fingerprint density at radius 1 is 0.659 bits per heavy atom. The van der Waals surface area contributed by atoms with Gasteiger partial charge in [-0.1, -0.05) is 65.7 Å². The third-order valence-corrected chi connectivity index (χ3v) is 11.7. The predicted octanol–water partition coefficient (Wildman–Crippen LogP) is 5.14. The average molecular weight is 618 g/mol. The molecule has 0 aromatic heterocycles. The molecular weight excluding hydrogens is 578 g/mol. The van der Waals surface area contributed by atoms with E-state index in [4.69, 9.17) is 11.6 Å². The zero-order valence-electron chi connectivity index (χ0n) is 23.8. The molecule has 0 unspecified atom stereocenters. The molecule has 0 radical (unpaired) electrons. The lowest BCUT2D eigenvalue weighted by molar-refractivity contribution is 0.219. The van der Waals surface area contributed by atoms with Crippen molar-refractivity contribution in [3.05, 3.63) is 95.6 Å². The first kappa shape index (κ1) is 31.7. The van der Waals surface area contributed by atoms with Crippen molar-refractivity contribution in [1.29, 1.82) is 0 Å². The normalized spacial score (nSPS) is 18.0. The monoisotopic (exact) mass is 617 g/mol. The minimum atomic E-state index is -3.81. The van der Waals surface area contributed by atoms with Crippen LogP contribution in [0.3, 0.4) is 0 Å². The highest BCUT2D eigenvalue weighted by atomic mass is 35.5. The lowest BCUT2D eigenvalue weighted by Gasteiger charge is -2.32. The summed E-state index contributed by atoms with van der Waals surface area (Å²) in [6, 6.07) is 23.8. The maximum atomic E-state index is 13.8. The Kier molecular flexibility index (Phi) is 11.0. The summed E-state index contributed by atoms with van der Waals surface area (Å²) in [5.41, 5.74) is 3.12. The topological polar surface area (TPSA) is 78.0 Å². The van der Waals surface area contributed by atoms with Crippen LogP contribution in [0.4, 0.5) is 0 Å². The second-order valence-corrected chi connectivity index (χ2v) is 15.0. The molecule has 4 rings (SSSR count). The number of hydrogen-bond acceptors (Lipinski definition) is 5. The summed E-state index contributed by atoms with van der Waals surface area (Å²) in [6.45, 7) is 6.83. The van der Waals surface area contributed by atoms with Crippen LogP contribution in [0.25, 0.3) is 0 Å². The number of halogens is 1. The Morgan fingerprint density at radius 2 is 1.10 bits per heavy atom. The maximum Gasteiger partial charge on any atom is 0.243 e. The molecule has 1 fully saturated rings. The van der Waals surface area contributed by atoms with Crippen LogP contribution < -0.4 is 0 Å². The Hall–Kier alpha value is -2.27. The number of nitrogens with zero attached hydrogens (tertiary/aromatic N) is 3. The summed E-state index contributed by atoms with van der Waals surface area (Å²) in [4.78, 5) is 2.74. The van der Waals surface area contributed by atoms with Crippen LogP contribution in [0.1, 0.15) is 29.5 Å². The molecule has 1 heterocycles. The van der Waals surface area contributed by atoms with Gasteiger partial charge in [-0.15, -0.1) is 11.6 Å². The fourth-order valence-electron chi connectivity index (χ4n) is 5.12. The van der Waals surface area contributed by atoms with Gasteiger partial charge in [0.25, 0.3) is 0 Å². The van der Waals surface area contributed by atoms with Gasteiger partial charge in [-0.25, -0.2) is 16.8 Å². The second-order valence-electron chi connectivity index (χ2n) is 10.8. The van der Waals surface area contributed by atoms with Crippen molar-refractivity contribution in [2.24, 2.45) is 5.92 Å². The van der Waals surface area contributed by atoms with E-state index in [2.05, 4.69) is 17.0 Å². The van der Waals surface area contributed by atoms with Crippen molar-refractivity contribution in [3.8, 4) is 0 Å². The third-order valence-electron chi connectivity index (χ3n) is 7.47. The minimum Gasteiger partial charge on any atom is -0.299 e. The van der Waals surface area contributed by atoms with Crippen molar-refractivity contribution < 1.29 is 16.8 Å². The molecule has 3 aromatic carbocycles. The van der Waals surface area contributed by atoms with Gasteiger partial charge in [0.1, 0.15) is 0 Å². The molecule has 0 bridgehead atoms. The molecule has 0 aliphatic carbocycles. The number of sulfonamides is 2. The molecular formula is C31H40ClN3O4S2. The van der Waals surface area contributed by atoms with E-state index in [1.807, 2.05) is 32.0 Å². The second kappa shape index (κ2) is 14.3. The number of alkyl halides is 1. The molecule has 41 heavy (non-hydrogen) atoms. The molecule has 0 saturated carbocycles. The first-order valence-electron chi connectivity index (χ1n) is 14.1. The number of hydrogen-bond donors (Lipinski definition) is 0. The van der Waals surface area contributed by atoms with Crippen LogP contribution in [-0.4, -0.2) is 75.5 Å². The molecule has 7 nitrogen and oxygen atoms in total. The van der Waals surface area contributed by atoms with Crippen molar-refractivity contribution in [2.45, 2.75) is 43.0 Å². The molecule has 1 aliphatic heterocycles. The zero-order chi connectivity index (χ0) is 29.5. The van der Waals surface area contributed by atoms with Crippen LogP contribution in [0.2, 0.25) is 0 Å². The largest absolute Gasteiger partial charge is 0.299 e. The maximum absolute atomic E-state index is 13.8. The van der Waals surface area contributed by atoms with Gasteiger partial charge in [-0.3, -0.25) is 4.90 Å². The molecule has 0 atom stereocenters. The van der Waals surface area contributed by atoms with E-state index in [9.17, 15) is 16.8 Å². The quantitative estimate of drug-likeness (QED) is 0.343. The van der Waals surface area contributed by atoms with Gasteiger partial charge < -0.3 is 0 Å². The summed E-state index contributed by atoms with van der Waals surface area (Å²) >= 11 is 6.40. The van der Waals surface area contributed by atoms with Gasteiger partial charge in [0.15, 0.2) is 0 Å². The average Bonchev–Trinajstić information content (AvgIpc) is 2.95. The number of rotatable bonds is 7. The molecule has 10 heteroatoms. The molecule has 0 amide bonds. The molecule has 1 aliphatic rings. The van der Waals surface area contributed by atoms with E-state index < -0.39 is 20.0 Å². The van der Waals surface area contributed by atoms with Crippen LogP contribution in [0.5, 0.6) is 0 Å². The van der Waals surface area contributed by atoms with Crippen LogP contribution in [-0.2, 0) is 26.6 Å². The van der Waals surface area contributed by atoms with Crippen molar-refractivity contribution in [3.63, 3.8) is 0 Å². The van der Waals surface area contributed by atoms with E-state index >= 15 is 0 Å². The van der Waals surface area contributed by atoms with Crippen molar-refractivity contribution >= 4 is 31.6 Å². The minimum absolute atomic E-state index is 0.137. The smallest absolute Gasteiger partial charge is 0.243 e. The SMILES string of the molecule is Cc1ccc(S(=O)(=O)N2CCCN(Cc3ccccc3)CCCN(S(=O)(=O)c3ccc(C)cc3)CC(CCl)C2)cc1. The summed E-state index contributed by atoms with van der Waals surface area (Å²) in [7, 11) is -7.62. The van der Waals surface area contributed by atoms with Gasteiger partial charge in [-0.05, 0) is 69.6 Å². The Bertz CT molecular complexity index is 1370. The summed E-state index contributed by atoms with van der Waals surface area (Å²) in [6.07, 6.45) is 1.30. The summed E-state index contributed by atoms with van der Waals surface area (Å²) < 4.78 is 58.3. The van der Waals surface area contributed by atoms with E-state index in [-0.39, 0.29) is 34.7 Å². The Morgan fingerprint density at radius 3 is 1.51 bits per heavy atom. The number of aryl methyl sites for hydroxylation is 2. The van der Waals surface area contributed by atoms with Crippen molar-refractivity contribution in [2.75, 3.05) is 45.1 Å². The predicted molar refractivity (Wildman–Crippen MR) is 165 cm³/mol. The Balaban J connectivity index is 1.66. The van der Waals surface area contributed by atoms with E-state index in [1.54, 1.807) is 48.5 Å². The molecule has 0 N–H and O–H groups in total. The first-order valence-corrected chi connectivity index (χ1v) is 17.5. The highest BCUT2D eigenvalue weighted by Crippen LogP contribution is 2.23. The highest BCUT2D eigenvalue weighted by molar-refractivity contribution is 7.89. The standard InChI is InChI=1S/C31H40ClN3O4S2/c1-26-10-14-30(15-11-26)40(36,37)34-20-6-18-33(23-28-8-4-3-5-9-28)19-7-21-35(25-29(22-32)24-34)41(38,39)31-16-12-27(2)13-17-31/h3-5,8-17,29H,6-7,18-25H2,1-2H3. The lowest BCUT2D eigenvalue weighted by Crippen LogP contribution is -2.44. The number of benzene rings is 3. The lowest BCUT2D eigenvalue weighted by atomic mass is 10.1. The van der Waals surface area contributed by atoms with Crippen molar-refractivity contribution in [1.82, 2.24) is 13.5 Å². The molecule has 3 aromatic rings. The summed E-state index contributed by atoms with van der Waals surface area (Å²) in [5.74, 6) is -0.239. The van der Waals surface area contributed by atoms with Crippen LogP contribution >= 0.6 is 11.6 Å². The van der Waals surface area contributed by atoms with Gasteiger partial charge in [0.05, 0.1) is 9.79 Å².